The van der Waals surface area contributed by atoms with E-state index in [1.54, 1.807) is 0 Å². The maximum atomic E-state index is 14.2. The molecule has 1 fully saturated rings. The number of hydrogen-bond acceptors (Lipinski definition) is 13. The number of nitrogens with zero attached hydrogens (tertiary/aromatic N) is 3. The molecule has 2 aromatic rings. The number of carbonyl (C=O) groups is 9. The Bertz CT molecular complexity index is 2300. The minimum atomic E-state index is -1.74. The molecular weight excluding hydrogens is 959 g/mol. The van der Waals surface area contributed by atoms with Crippen molar-refractivity contribution >= 4 is 53.2 Å². The monoisotopic (exact) mass is 1040 g/mol. The molecule has 22 nitrogen and oxygen atoms in total. The van der Waals surface area contributed by atoms with Crippen molar-refractivity contribution in [3.8, 4) is 22.6 Å². The second kappa shape index (κ2) is 29.8. The summed E-state index contributed by atoms with van der Waals surface area (Å²) in [4.78, 5) is 122. The highest BCUT2D eigenvalue weighted by molar-refractivity contribution is 5.97. The zero-order valence-corrected chi connectivity index (χ0v) is 43.2. The summed E-state index contributed by atoms with van der Waals surface area (Å²) < 4.78 is 0. The normalized spacial score (nSPS) is 18.4. The second-order valence-corrected chi connectivity index (χ2v) is 19.2. The number of likely N-dealkylation sites (N-methyl/N-ethyl adjacent to an activating group) is 2. The Balaban J connectivity index is 1.38. The molecule has 74 heavy (non-hydrogen) atoms. The summed E-state index contributed by atoms with van der Waals surface area (Å²) in [6.07, 6.45) is 13.8. The highest BCUT2D eigenvalue weighted by Crippen LogP contribution is 2.39. The maximum Gasteiger partial charge on any atom is 0.326 e. The Hall–Kier alpha value is -6.81. The Morgan fingerprint density at radius 3 is 1.97 bits per heavy atom. The fourth-order valence-electron chi connectivity index (χ4n) is 9.11. The molecule has 8 amide bonds. The van der Waals surface area contributed by atoms with Gasteiger partial charge in [-0.05, 0) is 61.6 Å². The number of phenols is 2. The van der Waals surface area contributed by atoms with Crippen LogP contribution in [-0.4, -0.2) is 159 Å². The highest BCUT2D eigenvalue weighted by Gasteiger charge is 2.36. The molecule has 2 aliphatic rings. The van der Waals surface area contributed by atoms with Gasteiger partial charge in [-0.25, -0.2) is 4.79 Å². The van der Waals surface area contributed by atoms with Gasteiger partial charge in [-0.1, -0.05) is 96.1 Å². The molecule has 4 rings (SSSR count). The van der Waals surface area contributed by atoms with Crippen LogP contribution in [0.15, 0.2) is 36.4 Å². The van der Waals surface area contributed by atoms with Crippen molar-refractivity contribution in [2.45, 2.75) is 159 Å². The molecule has 0 unspecified atom stereocenters. The number of likely N-dealkylation sites (tertiary alicyclic amines) is 1. The van der Waals surface area contributed by atoms with Gasteiger partial charge in [0.2, 0.25) is 41.4 Å². The highest BCUT2D eigenvalue weighted by atomic mass is 16.4. The number of aromatic hydroxyl groups is 2. The van der Waals surface area contributed by atoms with Crippen LogP contribution in [-0.2, 0) is 49.6 Å². The number of aliphatic hydroxyl groups is 1. The van der Waals surface area contributed by atoms with Crippen molar-refractivity contribution in [3.05, 3.63) is 47.5 Å². The van der Waals surface area contributed by atoms with Crippen LogP contribution in [0.4, 0.5) is 0 Å². The van der Waals surface area contributed by atoms with Crippen LogP contribution in [0.25, 0.3) is 11.1 Å². The molecule has 4 bridgehead atoms. The number of phenolic OH excluding ortho intramolecular Hbond substituents is 2. The molecule has 11 N–H and O–H groups in total. The number of nitrogens with two attached hydrogens (primary N) is 1. The van der Waals surface area contributed by atoms with E-state index in [1.165, 1.54) is 109 Å². The van der Waals surface area contributed by atoms with Crippen LogP contribution in [0.3, 0.4) is 0 Å². The number of carboxylic acid groups (broad SMARTS) is 1. The largest absolute Gasteiger partial charge is 0.507 e. The lowest BCUT2D eigenvalue weighted by Gasteiger charge is -2.30. The molecule has 408 valence electrons. The topological polar surface area (TPSA) is 330 Å². The third-order valence-corrected chi connectivity index (χ3v) is 13.6. The van der Waals surface area contributed by atoms with Crippen LogP contribution in [0, 0.1) is 0 Å². The van der Waals surface area contributed by atoms with Gasteiger partial charge in [0.25, 0.3) is 5.91 Å². The number of carbonyl (C=O) groups excluding carboxylic acids is 8. The molecular formula is C52H77N9O13. The van der Waals surface area contributed by atoms with Crippen LogP contribution >= 0.6 is 0 Å². The molecule has 0 spiro atoms. The first kappa shape index (κ1) is 59.8. The van der Waals surface area contributed by atoms with Gasteiger partial charge in [0, 0.05) is 44.6 Å². The van der Waals surface area contributed by atoms with Crippen LogP contribution < -0.4 is 32.3 Å². The number of carboxylic acids is 1. The molecule has 1 saturated heterocycles. The number of amides is 8. The lowest BCUT2D eigenvalue weighted by molar-refractivity contribution is -0.148. The number of nitrogens with one attached hydrogen (secondary N) is 5. The van der Waals surface area contributed by atoms with Crippen molar-refractivity contribution in [2.75, 3.05) is 40.3 Å². The number of hydrogen-bond donors (Lipinski definition) is 10. The minimum Gasteiger partial charge on any atom is -0.507 e. The Morgan fingerprint density at radius 2 is 1.36 bits per heavy atom. The van der Waals surface area contributed by atoms with E-state index in [9.17, 15) is 63.6 Å². The van der Waals surface area contributed by atoms with Crippen LogP contribution in [0.1, 0.15) is 134 Å². The van der Waals surface area contributed by atoms with E-state index in [2.05, 4.69) is 33.5 Å². The SMILES string of the molecule is CCCCCCCCCCCCCCCC(=O)N(C)[C@H](CO)C(=O)N[C@H](N)C(=O)NCC(=O)N(C)[C@@H]1C(=O)N[C@@H](C)C(=O)N[C@H](C(=O)NCC(=O)N2CCC[C@H]2C(=O)O)Cc2ccc(O)c(c2)-c2cc1ccc2O. The van der Waals surface area contributed by atoms with Crippen molar-refractivity contribution in [3.63, 3.8) is 0 Å². The van der Waals surface area contributed by atoms with Gasteiger partial charge in [0.05, 0.1) is 19.7 Å². The number of benzene rings is 2. The molecule has 0 saturated carbocycles. The first-order chi connectivity index (χ1) is 35.3. The number of unbranched alkanes of at least 4 members (excludes halogenated alkanes) is 12. The first-order valence-electron chi connectivity index (χ1n) is 25.8. The molecule has 0 radical (unpaired) electrons. The summed E-state index contributed by atoms with van der Waals surface area (Å²) in [5.41, 5.74) is 6.54. The molecule has 2 aliphatic heterocycles. The standard InChI is InChI=1S/C52H77N9O13/c1-5-6-7-8-9-10-11-12-13-14-15-16-17-20-42(65)59(3)39(31-62)49(70)58-46(53)51(72)55-29-43(66)60(4)45-34-22-24-41(64)36(28-34)35-26-33(21-23-40(35)63)27-37(57-47(68)32(2)56-50(45)71)48(69)54-30-44(67)61-25-18-19-38(61)52(73)74/h21-24,26,28,32,37-39,45-46,62-64H,5-20,25,27,29-31,53H2,1-4H3,(H,54,69)(H,55,72)(H,56,71)(H,57,68)(H,58,70)(H,73,74)/t32-,37-,38-,39+,45-,46-/m0/s1. The van der Waals surface area contributed by atoms with Gasteiger partial charge >= 0.3 is 5.97 Å². The van der Waals surface area contributed by atoms with Crippen LogP contribution in [0.2, 0.25) is 0 Å². The summed E-state index contributed by atoms with van der Waals surface area (Å²) in [6, 6.07) is 1.46. The molecule has 6 atom stereocenters. The molecule has 0 aliphatic carbocycles. The summed E-state index contributed by atoms with van der Waals surface area (Å²) in [5, 5.41) is 53.8. The van der Waals surface area contributed by atoms with Crippen molar-refractivity contribution in [1.82, 2.24) is 41.3 Å². The summed E-state index contributed by atoms with van der Waals surface area (Å²) in [7, 11) is 2.60. The zero-order chi connectivity index (χ0) is 54.5. The van der Waals surface area contributed by atoms with Gasteiger partial charge in [-0.3, -0.25) is 38.4 Å². The van der Waals surface area contributed by atoms with Gasteiger partial charge in [0.1, 0.15) is 41.7 Å². The zero-order valence-electron chi connectivity index (χ0n) is 43.2. The van der Waals surface area contributed by atoms with Crippen molar-refractivity contribution < 1.29 is 63.6 Å². The van der Waals surface area contributed by atoms with Gasteiger partial charge in [-0.2, -0.15) is 0 Å². The molecule has 0 aromatic heterocycles. The van der Waals surface area contributed by atoms with Gasteiger partial charge in [0.15, 0.2) is 6.17 Å². The minimum absolute atomic E-state index is 0.0166. The Labute approximate surface area is 432 Å². The smallest absolute Gasteiger partial charge is 0.326 e. The van der Waals surface area contributed by atoms with Gasteiger partial charge in [-0.15, -0.1) is 0 Å². The van der Waals surface area contributed by atoms with Gasteiger partial charge < -0.3 is 67.4 Å². The van der Waals surface area contributed by atoms with Crippen molar-refractivity contribution in [2.24, 2.45) is 5.73 Å². The van der Waals surface area contributed by atoms with E-state index in [1.807, 2.05) is 0 Å². The van der Waals surface area contributed by atoms with Crippen molar-refractivity contribution in [1.29, 1.82) is 0 Å². The third-order valence-electron chi connectivity index (χ3n) is 13.6. The van der Waals surface area contributed by atoms with E-state index < -0.39 is 103 Å². The summed E-state index contributed by atoms with van der Waals surface area (Å²) in [5.74, 6) is -8.23. The molecule has 2 aromatic carbocycles. The first-order valence-corrected chi connectivity index (χ1v) is 25.8. The molecule has 22 heteroatoms. The molecule has 2 heterocycles. The average Bonchev–Trinajstić information content (AvgIpc) is 3.88. The fraction of sp³-hybridized carbons (Fsp3) is 0.596. The van der Waals surface area contributed by atoms with E-state index >= 15 is 0 Å². The number of rotatable bonds is 26. The second-order valence-electron chi connectivity index (χ2n) is 19.2. The van der Waals surface area contributed by atoms with E-state index in [4.69, 9.17) is 5.73 Å². The summed E-state index contributed by atoms with van der Waals surface area (Å²) >= 11 is 0. The van der Waals surface area contributed by atoms with E-state index in [0.717, 1.165) is 40.4 Å². The van der Waals surface area contributed by atoms with E-state index in [0.29, 0.717) is 18.4 Å². The lowest BCUT2D eigenvalue weighted by atomic mass is 9.93. The maximum absolute atomic E-state index is 14.2. The Kier molecular flexibility index (Phi) is 24.0. The predicted molar refractivity (Wildman–Crippen MR) is 272 cm³/mol. The average molecular weight is 1040 g/mol. The quantitative estimate of drug-likeness (QED) is 0.0475. The Morgan fingerprint density at radius 1 is 0.770 bits per heavy atom. The predicted octanol–water partition coefficient (Wildman–Crippen LogP) is 1.82. The van der Waals surface area contributed by atoms with E-state index in [-0.39, 0.29) is 59.9 Å². The fourth-order valence-corrected chi connectivity index (χ4v) is 9.11. The number of fused-ring (bicyclic) bond motifs is 5. The lowest BCUT2D eigenvalue weighted by Crippen LogP contribution is -2.59. The number of aliphatic carboxylic acids is 1. The third kappa shape index (κ3) is 17.4. The van der Waals surface area contributed by atoms with Crippen LogP contribution in [0.5, 0.6) is 11.5 Å². The number of aliphatic hydroxyl groups excluding tert-OH is 1. The summed E-state index contributed by atoms with van der Waals surface area (Å²) in [6.45, 7) is 1.63.